The molecule has 108 valence electrons. The van der Waals surface area contributed by atoms with Crippen LogP contribution in [-0.2, 0) is 9.59 Å². The summed E-state index contributed by atoms with van der Waals surface area (Å²) in [6.07, 6.45) is 5.18. The van der Waals surface area contributed by atoms with Gasteiger partial charge in [-0.05, 0) is 49.4 Å². The largest absolute Gasteiger partial charge is 0.494 e. The second-order valence-electron chi connectivity index (χ2n) is 5.94. The topological polar surface area (TPSA) is 46.6 Å². The summed E-state index contributed by atoms with van der Waals surface area (Å²) in [5, 5.41) is 0. The monoisotopic (exact) mass is 283 g/mol. The molecular formula is C17H17NO3. The van der Waals surface area contributed by atoms with Crippen LogP contribution in [0.4, 0.5) is 5.69 Å². The van der Waals surface area contributed by atoms with Crippen molar-refractivity contribution < 1.29 is 14.3 Å². The molecule has 1 saturated carbocycles. The standard InChI is InChI=1S/C17H17NO3/c1-2-21-13-7-5-12(6-8-13)18-16(19)14-10-3-4-11(9-10)15(14)17(18)20/h3-8,10-11,14-15H,2,9H2,1H3/t10-,11-,14+,15+/m0/s1. The molecule has 4 heteroatoms. The van der Waals surface area contributed by atoms with Crippen molar-refractivity contribution in [3.05, 3.63) is 36.4 Å². The average Bonchev–Trinajstić information content (AvgIpc) is 3.15. The number of hydrogen-bond donors (Lipinski definition) is 0. The molecule has 1 saturated heterocycles. The molecule has 0 spiro atoms. The van der Waals surface area contributed by atoms with E-state index in [2.05, 4.69) is 12.2 Å². The Bertz CT molecular complexity index is 604. The number of allylic oxidation sites excluding steroid dienone is 2. The molecule has 0 aromatic heterocycles. The van der Waals surface area contributed by atoms with E-state index in [1.165, 1.54) is 4.90 Å². The summed E-state index contributed by atoms with van der Waals surface area (Å²) in [7, 11) is 0. The second kappa shape index (κ2) is 4.45. The van der Waals surface area contributed by atoms with Crippen LogP contribution < -0.4 is 9.64 Å². The van der Waals surface area contributed by atoms with Gasteiger partial charge in [-0.15, -0.1) is 0 Å². The molecular weight excluding hydrogens is 266 g/mol. The van der Waals surface area contributed by atoms with E-state index in [0.717, 1.165) is 12.2 Å². The minimum Gasteiger partial charge on any atom is -0.494 e. The van der Waals surface area contributed by atoms with E-state index in [1.54, 1.807) is 24.3 Å². The van der Waals surface area contributed by atoms with Gasteiger partial charge in [0.25, 0.3) is 0 Å². The number of anilines is 1. The predicted molar refractivity (Wildman–Crippen MR) is 77.8 cm³/mol. The third-order valence-corrected chi connectivity index (χ3v) is 4.88. The van der Waals surface area contributed by atoms with Crippen LogP contribution in [0.15, 0.2) is 36.4 Å². The lowest BCUT2D eigenvalue weighted by atomic mass is 9.85. The normalized spacial score (nSPS) is 32.9. The molecule has 1 heterocycles. The van der Waals surface area contributed by atoms with Crippen LogP contribution in [0, 0.1) is 23.7 Å². The van der Waals surface area contributed by atoms with E-state index in [-0.39, 0.29) is 35.5 Å². The van der Waals surface area contributed by atoms with Crippen molar-refractivity contribution in [2.45, 2.75) is 13.3 Å². The molecule has 4 rings (SSSR count). The summed E-state index contributed by atoms with van der Waals surface area (Å²) in [5.41, 5.74) is 0.655. The molecule has 2 amide bonds. The predicted octanol–water partition coefficient (Wildman–Crippen LogP) is 2.40. The maximum atomic E-state index is 12.6. The fraction of sp³-hybridized carbons (Fsp3) is 0.412. The van der Waals surface area contributed by atoms with E-state index in [9.17, 15) is 9.59 Å². The van der Waals surface area contributed by atoms with Gasteiger partial charge >= 0.3 is 0 Å². The van der Waals surface area contributed by atoms with E-state index < -0.39 is 0 Å². The fourth-order valence-corrected chi connectivity index (χ4v) is 4.01. The van der Waals surface area contributed by atoms with Crippen molar-refractivity contribution in [3.8, 4) is 5.75 Å². The van der Waals surface area contributed by atoms with Crippen LogP contribution in [-0.4, -0.2) is 18.4 Å². The molecule has 1 aromatic rings. The minimum atomic E-state index is -0.140. The van der Waals surface area contributed by atoms with Gasteiger partial charge in [-0.3, -0.25) is 14.5 Å². The third-order valence-electron chi connectivity index (χ3n) is 4.88. The highest BCUT2D eigenvalue weighted by Gasteiger charge is 2.59. The fourth-order valence-electron chi connectivity index (χ4n) is 4.01. The number of imide groups is 1. The van der Waals surface area contributed by atoms with E-state index in [0.29, 0.717) is 12.3 Å². The van der Waals surface area contributed by atoms with Crippen LogP contribution >= 0.6 is 0 Å². The summed E-state index contributed by atoms with van der Waals surface area (Å²) in [4.78, 5) is 26.6. The number of benzene rings is 1. The molecule has 1 aliphatic heterocycles. The Morgan fingerprint density at radius 1 is 1.05 bits per heavy atom. The molecule has 21 heavy (non-hydrogen) atoms. The quantitative estimate of drug-likeness (QED) is 0.632. The Morgan fingerprint density at radius 3 is 2.14 bits per heavy atom. The number of ether oxygens (including phenoxy) is 1. The van der Waals surface area contributed by atoms with Crippen molar-refractivity contribution in [2.75, 3.05) is 11.5 Å². The number of hydrogen-bond acceptors (Lipinski definition) is 3. The number of fused-ring (bicyclic) bond motifs is 5. The summed E-state index contributed by atoms with van der Waals surface area (Å²) in [6, 6.07) is 7.19. The van der Waals surface area contributed by atoms with Crippen molar-refractivity contribution in [3.63, 3.8) is 0 Å². The summed E-state index contributed by atoms with van der Waals surface area (Å²) in [6.45, 7) is 2.52. The average molecular weight is 283 g/mol. The van der Waals surface area contributed by atoms with Crippen molar-refractivity contribution >= 4 is 17.5 Å². The molecule has 2 bridgehead atoms. The summed E-state index contributed by atoms with van der Waals surface area (Å²) in [5.74, 6) is 0.908. The Balaban J connectivity index is 1.64. The van der Waals surface area contributed by atoms with Crippen LogP contribution in [0.3, 0.4) is 0 Å². The zero-order valence-electron chi connectivity index (χ0n) is 11.9. The van der Waals surface area contributed by atoms with Crippen molar-refractivity contribution in [2.24, 2.45) is 23.7 Å². The lowest BCUT2D eigenvalue weighted by molar-refractivity contribution is -0.123. The maximum absolute atomic E-state index is 12.6. The summed E-state index contributed by atoms with van der Waals surface area (Å²) < 4.78 is 5.40. The van der Waals surface area contributed by atoms with E-state index >= 15 is 0 Å². The van der Waals surface area contributed by atoms with Gasteiger partial charge in [0, 0.05) is 0 Å². The third kappa shape index (κ3) is 1.68. The van der Waals surface area contributed by atoms with Gasteiger partial charge in [0.05, 0.1) is 24.1 Å². The number of amides is 2. The zero-order chi connectivity index (χ0) is 14.6. The molecule has 4 nitrogen and oxygen atoms in total. The highest BCUT2D eigenvalue weighted by Crippen LogP contribution is 2.53. The highest BCUT2D eigenvalue weighted by molar-refractivity contribution is 6.22. The van der Waals surface area contributed by atoms with Gasteiger partial charge in [-0.25, -0.2) is 0 Å². The first-order valence-electron chi connectivity index (χ1n) is 7.49. The van der Waals surface area contributed by atoms with Crippen molar-refractivity contribution in [1.29, 1.82) is 0 Å². The first-order chi connectivity index (χ1) is 10.2. The van der Waals surface area contributed by atoms with Crippen LogP contribution in [0.1, 0.15) is 13.3 Å². The second-order valence-corrected chi connectivity index (χ2v) is 5.94. The Labute approximate surface area is 123 Å². The number of carbonyl (C=O) groups is 2. The number of nitrogens with zero attached hydrogens (tertiary/aromatic N) is 1. The smallest absolute Gasteiger partial charge is 0.238 e. The lowest BCUT2D eigenvalue weighted by Crippen LogP contribution is -2.32. The highest BCUT2D eigenvalue weighted by atomic mass is 16.5. The summed E-state index contributed by atoms with van der Waals surface area (Å²) >= 11 is 0. The zero-order valence-corrected chi connectivity index (χ0v) is 11.9. The minimum absolute atomic E-state index is 0.0361. The Kier molecular flexibility index (Phi) is 2.67. The molecule has 0 unspecified atom stereocenters. The van der Waals surface area contributed by atoms with Gasteiger partial charge in [-0.1, -0.05) is 12.2 Å². The van der Waals surface area contributed by atoms with Gasteiger partial charge in [-0.2, -0.15) is 0 Å². The van der Waals surface area contributed by atoms with Gasteiger partial charge < -0.3 is 4.74 Å². The number of carbonyl (C=O) groups excluding carboxylic acids is 2. The first-order valence-corrected chi connectivity index (χ1v) is 7.49. The van der Waals surface area contributed by atoms with Crippen molar-refractivity contribution in [1.82, 2.24) is 0 Å². The lowest BCUT2D eigenvalue weighted by Gasteiger charge is -2.17. The van der Waals surface area contributed by atoms with Gasteiger partial charge in [0.15, 0.2) is 0 Å². The number of rotatable bonds is 3. The molecule has 2 fully saturated rings. The molecule has 4 atom stereocenters. The van der Waals surface area contributed by atoms with E-state index in [4.69, 9.17) is 4.74 Å². The molecule has 1 aromatic carbocycles. The van der Waals surface area contributed by atoms with Crippen LogP contribution in [0.2, 0.25) is 0 Å². The van der Waals surface area contributed by atoms with Gasteiger partial charge in [0.1, 0.15) is 5.75 Å². The molecule has 0 radical (unpaired) electrons. The molecule has 0 N–H and O–H groups in total. The molecule has 2 aliphatic carbocycles. The van der Waals surface area contributed by atoms with Crippen LogP contribution in [0.25, 0.3) is 0 Å². The first kappa shape index (κ1) is 12.6. The Morgan fingerprint density at radius 2 is 1.62 bits per heavy atom. The maximum Gasteiger partial charge on any atom is 0.238 e. The van der Waals surface area contributed by atoms with Crippen LogP contribution in [0.5, 0.6) is 5.75 Å². The van der Waals surface area contributed by atoms with E-state index in [1.807, 2.05) is 6.92 Å². The Hall–Kier alpha value is -2.10. The van der Waals surface area contributed by atoms with Gasteiger partial charge in [0.2, 0.25) is 11.8 Å². The molecule has 3 aliphatic rings. The SMILES string of the molecule is CCOc1ccc(N2C(=O)[C@H]3[C@H](C2=O)[C@H]2C=C[C@H]3C2)cc1.